The quantitative estimate of drug-likeness (QED) is 0.227. The van der Waals surface area contributed by atoms with Gasteiger partial charge in [-0.15, -0.1) is 0 Å². The molecule has 0 bridgehead atoms. The number of Topliss-reactive ketones (excluding diaryl/α,β-unsaturated/α-hetero) is 1. The number of aromatic nitrogens is 1. The van der Waals surface area contributed by atoms with Crippen LogP contribution in [0.25, 0.3) is 0 Å². The second-order valence-electron chi connectivity index (χ2n) is 13.5. The van der Waals surface area contributed by atoms with Crippen molar-refractivity contribution in [1.29, 1.82) is 0 Å². The number of rotatable bonds is 6. The molecular formula is C37H41NO9. The Labute approximate surface area is 274 Å². The smallest absolute Gasteiger partial charge is 0.340 e. The number of esters is 4. The maximum Gasteiger partial charge on any atom is 0.340 e. The van der Waals surface area contributed by atoms with Crippen molar-refractivity contribution in [1.82, 2.24) is 4.98 Å². The minimum atomic E-state index is -1.90. The van der Waals surface area contributed by atoms with Gasteiger partial charge in [0.2, 0.25) is 5.78 Å². The van der Waals surface area contributed by atoms with Crippen molar-refractivity contribution >= 4 is 29.7 Å². The average molecular weight is 644 g/mol. The number of fused-ring (bicyclic) bond motifs is 2. The molecule has 248 valence electrons. The molecule has 0 N–H and O–H groups in total. The van der Waals surface area contributed by atoms with Gasteiger partial charge in [0.05, 0.1) is 17.0 Å². The molecule has 0 unspecified atom stereocenters. The summed E-state index contributed by atoms with van der Waals surface area (Å²) >= 11 is 0. The van der Waals surface area contributed by atoms with E-state index in [1.165, 1.54) is 26.2 Å². The molecule has 3 aliphatic carbocycles. The molecule has 10 heteroatoms. The van der Waals surface area contributed by atoms with E-state index in [-0.39, 0.29) is 40.4 Å². The van der Waals surface area contributed by atoms with Crippen LogP contribution in [0.5, 0.6) is 0 Å². The molecule has 0 radical (unpaired) electrons. The summed E-state index contributed by atoms with van der Waals surface area (Å²) in [5, 5.41) is 0. The molecule has 3 aliphatic rings. The summed E-state index contributed by atoms with van der Waals surface area (Å²) in [6.07, 6.45) is 1.70. The number of pyridine rings is 1. The van der Waals surface area contributed by atoms with Crippen molar-refractivity contribution in [2.45, 2.75) is 78.3 Å². The third kappa shape index (κ3) is 6.50. The average Bonchev–Trinajstić information content (AvgIpc) is 3.41. The fourth-order valence-corrected chi connectivity index (χ4v) is 7.55. The number of hydrogen-bond acceptors (Lipinski definition) is 10. The van der Waals surface area contributed by atoms with Crippen LogP contribution in [0.15, 0.2) is 78.7 Å². The van der Waals surface area contributed by atoms with Crippen molar-refractivity contribution in [3.05, 3.63) is 89.8 Å². The summed E-state index contributed by atoms with van der Waals surface area (Å²) in [6, 6.07) is 11.5. The number of hydrogen-bond donors (Lipinski definition) is 0. The Bertz CT molecular complexity index is 1610. The van der Waals surface area contributed by atoms with Gasteiger partial charge in [-0.1, -0.05) is 51.6 Å². The largest absolute Gasteiger partial charge is 0.458 e. The molecule has 0 amide bonds. The molecule has 0 spiro atoms. The number of carbonyl (C=O) groups is 5. The van der Waals surface area contributed by atoms with Crippen LogP contribution in [0.2, 0.25) is 0 Å². The topological polar surface area (TPSA) is 135 Å². The number of carbonyl (C=O) groups excluding carboxylic acids is 5. The zero-order valence-electron chi connectivity index (χ0n) is 27.6. The Morgan fingerprint density at radius 2 is 1.57 bits per heavy atom. The van der Waals surface area contributed by atoms with Gasteiger partial charge < -0.3 is 18.9 Å². The van der Waals surface area contributed by atoms with E-state index in [1.807, 2.05) is 6.08 Å². The lowest BCUT2D eigenvalue weighted by Crippen LogP contribution is -2.55. The van der Waals surface area contributed by atoms with E-state index in [9.17, 15) is 24.0 Å². The van der Waals surface area contributed by atoms with Crippen molar-refractivity contribution in [2.75, 3.05) is 0 Å². The van der Waals surface area contributed by atoms with Crippen LogP contribution in [-0.4, -0.2) is 58.6 Å². The lowest BCUT2D eigenvalue weighted by Gasteiger charge is -2.40. The molecular weight excluding hydrogens is 602 g/mol. The molecule has 1 aromatic heterocycles. The van der Waals surface area contributed by atoms with Gasteiger partial charge in [0.1, 0.15) is 18.3 Å². The summed E-state index contributed by atoms with van der Waals surface area (Å²) in [6.45, 7) is 14.3. The maximum atomic E-state index is 14.7. The van der Waals surface area contributed by atoms with E-state index >= 15 is 0 Å². The Kier molecular flexibility index (Phi) is 9.26. The third-order valence-electron chi connectivity index (χ3n) is 9.98. The summed E-state index contributed by atoms with van der Waals surface area (Å²) in [7, 11) is 0. The fraction of sp³-hybridized carbons (Fsp3) is 0.459. The van der Waals surface area contributed by atoms with Crippen molar-refractivity contribution in [3.8, 4) is 0 Å². The monoisotopic (exact) mass is 643 g/mol. The van der Waals surface area contributed by atoms with Gasteiger partial charge in [0, 0.05) is 38.2 Å². The van der Waals surface area contributed by atoms with Gasteiger partial charge in [-0.3, -0.25) is 19.4 Å². The fourth-order valence-electron chi connectivity index (χ4n) is 7.55. The second kappa shape index (κ2) is 12.9. The van der Waals surface area contributed by atoms with E-state index in [0.29, 0.717) is 12.0 Å². The van der Waals surface area contributed by atoms with Crippen molar-refractivity contribution in [2.24, 2.45) is 29.1 Å². The van der Waals surface area contributed by atoms with Gasteiger partial charge >= 0.3 is 23.9 Å². The lowest BCUT2D eigenvalue weighted by molar-refractivity contribution is -0.179. The first-order valence-electron chi connectivity index (χ1n) is 15.8. The lowest BCUT2D eigenvalue weighted by atomic mass is 9.76. The van der Waals surface area contributed by atoms with E-state index < -0.39 is 65.4 Å². The van der Waals surface area contributed by atoms with Gasteiger partial charge in [0.25, 0.3) is 0 Å². The highest BCUT2D eigenvalue weighted by atomic mass is 16.6. The van der Waals surface area contributed by atoms with Crippen LogP contribution in [-0.2, 0) is 33.3 Å². The summed E-state index contributed by atoms with van der Waals surface area (Å²) < 4.78 is 24.2. The number of benzene rings is 1. The Morgan fingerprint density at radius 1 is 0.915 bits per heavy atom. The molecule has 0 saturated heterocycles. The molecule has 2 fully saturated rings. The van der Waals surface area contributed by atoms with Crippen molar-refractivity contribution < 1.29 is 42.9 Å². The van der Waals surface area contributed by atoms with Gasteiger partial charge in [-0.05, 0) is 66.4 Å². The molecule has 1 heterocycles. The highest BCUT2D eigenvalue weighted by Crippen LogP contribution is 2.63. The zero-order valence-corrected chi connectivity index (χ0v) is 27.6. The molecule has 5 rings (SSSR count). The van der Waals surface area contributed by atoms with E-state index in [0.717, 1.165) is 0 Å². The van der Waals surface area contributed by atoms with Crippen LogP contribution in [0.3, 0.4) is 0 Å². The minimum absolute atomic E-state index is 0.0172. The van der Waals surface area contributed by atoms with Crippen LogP contribution < -0.4 is 0 Å². The first-order valence-corrected chi connectivity index (χ1v) is 15.8. The van der Waals surface area contributed by atoms with Gasteiger partial charge in [-0.2, -0.15) is 0 Å². The Hall–Kier alpha value is -4.60. The molecule has 1 aromatic carbocycles. The second-order valence-corrected chi connectivity index (χ2v) is 13.5. The van der Waals surface area contributed by atoms with Crippen LogP contribution in [0, 0.1) is 29.1 Å². The highest BCUT2D eigenvalue weighted by Gasteiger charge is 2.66. The standard InChI is InChI=1S/C37H41NO9/c1-20-16-27-28(36(27,6)7)17-29(45-35(43)26-14-11-15-38-19-26)22(3)32(44-23(4)39)30-31(46-34(42)25-12-9-8-10-13-25)21(2)18-37(30,33(20)41)47-24(5)40/h8-16,19,21,27-32H,3,17-18H2,1-2,4-7H3/b20-16-/t21-,27+,28-,29+,30+,31-,32-,37+/m0/s1. The molecule has 2 aromatic rings. The summed E-state index contributed by atoms with van der Waals surface area (Å²) in [5.74, 6) is -5.08. The predicted molar refractivity (Wildman–Crippen MR) is 170 cm³/mol. The number of nitrogens with zero attached hydrogens (tertiary/aromatic N) is 1. The number of ketones is 1. The maximum absolute atomic E-state index is 14.7. The van der Waals surface area contributed by atoms with E-state index in [4.69, 9.17) is 18.9 Å². The van der Waals surface area contributed by atoms with E-state index in [2.05, 4.69) is 25.4 Å². The number of allylic oxidation sites excluding steroid dienone is 1. The normalized spacial score (nSPS) is 32.3. The number of ether oxygens (including phenoxy) is 4. The molecule has 8 atom stereocenters. The summed E-state index contributed by atoms with van der Waals surface area (Å²) in [5.41, 5.74) is -1.11. The summed E-state index contributed by atoms with van der Waals surface area (Å²) in [4.78, 5) is 71.2. The van der Waals surface area contributed by atoms with Crippen LogP contribution >= 0.6 is 0 Å². The molecule has 2 saturated carbocycles. The van der Waals surface area contributed by atoms with E-state index in [1.54, 1.807) is 56.3 Å². The first kappa shape index (κ1) is 33.8. The predicted octanol–water partition coefficient (Wildman–Crippen LogP) is 5.47. The molecule has 0 aliphatic heterocycles. The Balaban J connectivity index is 1.68. The first-order chi connectivity index (χ1) is 22.2. The van der Waals surface area contributed by atoms with Crippen molar-refractivity contribution in [3.63, 3.8) is 0 Å². The van der Waals surface area contributed by atoms with Crippen LogP contribution in [0.4, 0.5) is 0 Å². The molecule has 47 heavy (non-hydrogen) atoms. The minimum Gasteiger partial charge on any atom is -0.458 e. The SMILES string of the molecule is C=C1[C@H](OC(=O)c2cccnc2)C[C@H]2[C@@H](/C=C(/C)C(=O)[C@@]3(OC(C)=O)C[C@H](C)[C@H](OC(=O)c4ccccc4)[C@@H]3[C@H]1OC(C)=O)C2(C)C. The third-order valence-corrected chi connectivity index (χ3v) is 9.98. The van der Waals surface area contributed by atoms with Crippen LogP contribution in [0.1, 0.15) is 75.1 Å². The van der Waals surface area contributed by atoms with Gasteiger partial charge in [-0.25, -0.2) is 9.59 Å². The zero-order chi connectivity index (χ0) is 34.3. The van der Waals surface area contributed by atoms with Gasteiger partial charge in [0.15, 0.2) is 5.60 Å². The molecule has 10 nitrogen and oxygen atoms in total. The highest BCUT2D eigenvalue weighted by molar-refractivity contribution is 6.03. The Morgan fingerprint density at radius 3 is 2.19 bits per heavy atom.